The van der Waals surface area contributed by atoms with Crippen LogP contribution in [0.5, 0.6) is 0 Å². The normalized spacial score (nSPS) is 32.5. The molecule has 0 aliphatic carbocycles. The molecule has 2 fully saturated rings. The van der Waals surface area contributed by atoms with E-state index in [0.29, 0.717) is 24.4 Å². The molecule has 2 heterocycles. The molecular weight excluding hydrogens is 174 g/mol. The lowest BCUT2D eigenvalue weighted by Gasteiger charge is -2.27. The molecular formula is C7H11N3O3. The Hall–Kier alpha value is -1.30. The van der Waals surface area contributed by atoms with E-state index in [1.807, 2.05) is 0 Å². The van der Waals surface area contributed by atoms with Crippen LogP contribution in [0.2, 0.25) is 0 Å². The smallest absolute Gasteiger partial charge is 0.344 e. The van der Waals surface area contributed by atoms with Gasteiger partial charge >= 0.3 is 6.03 Å². The number of primary amides is 1. The maximum atomic E-state index is 11.3. The third kappa shape index (κ3) is 1.06. The van der Waals surface area contributed by atoms with Crippen molar-refractivity contribution in [1.29, 1.82) is 0 Å². The van der Waals surface area contributed by atoms with Crippen LogP contribution in [0.3, 0.4) is 0 Å². The van der Waals surface area contributed by atoms with E-state index < -0.39 is 18.0 Å². The van der Waals surface area contributed by atoms with Crippen molar-refractivity contribution in [3.63, 3.8) is 0 Å². The Balaban J connectivity index is 2.22. The number of carbonyl (C=O) groups is 2. The third-order valence-electron chi connectivity index (χ3n) is 2.67. The molecule has 0 aromatic rings. The molecule has 6 nitrogen and oxygen atoms in total. The highest BCUT2D eigenvalue weighted by atomic mass is 16.5. The highest BCUT2D eigenvalue weighted by Crippen LogP contribution is 2.27. The fourth-order valence-electron chi connectivity index (χ4n) is 1.95. The van der Waals surface area contributed by atoms with Gasteiger partial charge in [0.25, 0.3) is 0 Å². The van der Waals surface area contributed by atoms with Crippen molar-refractivity contribution < 1.29 is 14.8 Å². The van der Waals surface area contributed by atoms with E-state index >= 15 is 0 Å². The van der Waals surface area contributed by atoms with Gasteiger partial charge in [0, 0.05) is 6.54 Å². The highest BCUT2D eigenvalue weighted by molar-refractivity contribution is 5.87. The average Bonchev–Trinajstić information content (AvgIpc) is 2.32. The maximum Gasteiger partial charge on any atom is 0.344 e. The van der Waals surface area contributed by atoms with Gasteiger partial charge in [-0.1, -0.05) is 0 Å². The summed E-state index contributed by atoms with van der Waals surface area (Å²) in [7, 11) is 0. The largest absolute Gasteiger partial charge is 0.368 e. The number of nitrogens with two attached hydrogens (primary N) is 1. The molecule has 72 valence electrons. The minimum absolute atomic E-state index is 0.164. The summed E-state index contributed by atoms with van der Waals surface area (Å²) in [6.45, 7) is 0.406. The second-order valence-corrected chi connectivity index (χ2v) is 3.43. The Labute approximate surface area is 74.8 Å². The van der Waals surface area contributed by atoms with Gasteiger partial charge < -0.3 is 10.6 Å². The molecule has 2 aliphatic heterocycles. The van der Waals surface area contributed by atoms with Gasteiger partial charge in [0.15, 0.2) is 0 Å². The molecule has 0 radical (unpaired) electrons. The van der Waals surface area contributed by atoms with Crippen LogP contribution < -0.4 is 5.73 Å². The minimum atomic E-state index is -0.541. The van der Waals surface area contributed by atoms with Crippen LogP contribution >= 0.6 is 0 Å². The number of carbonyl (C=O) groups excluding carboxylic acids is 2. The summed E-state index contributed by atoms with van der Waals surface area (Å²) >= 11 is 0. The van der Waals surface area contributed by atoms with E-state index in [1.165, 1.54) is 4.90 Å². The first-order valence-electron chi connectivity index (χ1n) is 4.19. The first kappa shape index (κ1) is 8.31. The number of fused-ring (bicyclic) bond motifs is 2. The Morgan fingerprint density at radius 1 is 1.54 bits per heavy atom. The first-order valence-corrected chi connectivity index (χ1v) is 4.19. The average molecular weight is 185 g/mol. The Bertz CT molecular complexity index is 268. The predicted molar refractivity (Wildman–Crippen MR) is 41.7 cm³/mol. The number of urea groups is 1. The molecule has 2 rings (SSSR count). The van der Waals surface area contributed by atoms with Gasteiger partial charge in [0.05, 0.1) is 6.04 Å². The summed E-state index contributed by atoms with van der Waals surface area (Å²) in [5.41, 5.74) is 5.13. The molecule has 3 amide bonds. The maximum absolute atomic E-state index is 11.3. The minimum Gasteiger partial charge on any atom is -0.368 e. The van der Waals surface area contributed by atoms with Crippen LogP contribution in [0.15, 0.2) is 0 Å². The van der Waals surface area contributed by atoms with E-state index in [4.69, 9.17) is 5.73 Å². The van der Waals surface area contributed by atoms with E-state index in [0.717, 1.165) is 0 Å². The fraction of sp³-hybridized carbons (Fsp3) is 0.714. The summed E-state index contributed by atoms with van der Waals surface area (Å²) in [5.74, 6) is -0.498. The number of piperidine rings is 1. The molecule has 3 N–H and O–H groups in total. The van der Waals surface area contributed by atoms with Crippen LogP contribution in [0, 0.1) is 0 Å². The lowest BCUT2D eigenvalue weighted by atomic mass is 10.0. The van der Waals surface area contributed by atoms with E-state index in [1.54, 1.807) is 0 Å². The Morgan fingerprint density at radius 2 is 2.23 bits per heavy atom. The van der Waals surface area contributed by atoms with Gasteiger partial charge in [-0.15, -0.1) is 0 Å². The van der Waals surface area contributed by atoms with Crippen LogP contribution in [-0.4, -0.2) is 45.7 Å². The van der Waals surface area contributed by atoms with Gasteiger partial charge in [-0.25, -0.2) is 9.86 Å². The summed E-state index contributed by atoms with van der Waals surface area (Å²) < 4.78 is 0. The zero-order chi connectivity index (χ0) is 9.59. The van der Waals surface area contributed by atoms with Crippen LogP contribution in [0.1, 0.15) is 12.8 Å². The molecule has 2 atom stereocenters. The SMILES string of the molecule is NC(=O)C1CC[C@@H]2CN1C(=O)N2O. The van der Waals surface area contributed by atoms with Crippen molar-refractivity contribution in [3.8, 4) is 0 Å². The molecule has 2 bridgehead atoms. The van der Waals surface area contributed by atoms with E-state index in [2.05, 4.69) is 0 Å². The van der Waals surface area contributed by atoms with Crippen LogP contribution in [0.25, 0.3) is 0 Å². The number of rotatable bonds is 1. The Morgan fingerprint density at radius 3 is 2.85 bits per heavy atom. The highest BCUT2D eigenvalue weighted by Gasteiger charge is 2.46. The molecule has 2 saturated heterocycles. The van der Waals surface area contributed by atoms with Crippen LogP contribution in [0.4, 0.5) is 4.79 Å². The summed E-state index contributed by atoms with van der Waals surface area (Å²) in [5, 5.41) is 9.95. The van der Waals surface area contributed by atoms with Gasteiger partial charge in [-0.05, 0) is 12.8 Å². The van der Waals surface area contributed by atoms with Gasteiger partial charge in [0.1, 0.15) is 6.04 Å². The number of hydrogen-bond donors (Lipinski definition) is 2. The second-order valence-electron chi connectivity index (χ2n) is 3.43. The Kier molecular flexibility index (Phi) is 1.66. The van der Waals surface area contributed by atoms with E-state index in [9.17, 15) is 14.8 Å². The van der Waals surface area contributed by atoms with Crippen molar-refractivity contribution in [2.45, 2.75) is 24.9 Å². The third-order valence-corrected chi connectivity index (χ3v) is 2.67. The number of amides is 3. The predicted octanol–water partition coefficient (Wildman–Crippen LogP) is -0.870. The molecule has 2 aliphatic rings. The number of nitrogens with zero attached hydrogens (tertiary/aromatic N) is 2. The lowest BCUT2D eigenvalue weighted by molar-refractivity contribution is -0.122. The van der Waals surface area contributed by atoms with Gasteiger partial charge in [-0.2, -0.15) is 0 Å². The number of hydrogen-bond acceptors (Lipinski definition) is 3. The molecule has 6 heteroatoms. The quantitative estimate of drug-likeness (QED) is 0.520. The summed E-state index contributed by atoms with van der Waals surface area (Å²) in [4.78, 5) is 23.5. The molecule has 0 aromatic heterocycles. The zero-order valence-corrected chi connectivity index (χ0v) is 7.01. The monoisotopic (exact) mass is 185 g/mol. The summed E-state index contributed by atoms with van der Waals surface area (Å²) in [6.07, 6.45) is 1.18. The van der Waals surface area contributed by atoms with Crippen LogP contribution in [-0.2, 0) is 4.79 Å². The van der Waals surface area contributed by atoms with Crippen molar-refractivity contribution in [1.82, 2.24) is 9.96 Å². The molecule has 0 saturated carbocycles. The lowest BCUT2D eigenvalue weighted by Crippen LogP contribution is -2.47. The van der Waals surface area contributed by atoms with Gasteiger partial charge in [0.2, 0.25) is 5.91 Å². The van der Waals surface area contributed by atoms with Crippen molar-refractivity contribution in [2.75, 3.05) is 6.54 Å². The zero-order valence-electron chi connectivity index (χ0n) is 7.01. The van der Waals surface area contributed by atoms with Crippen molar-refractivity contribution in [2.24, 2.45) is 5.73 Å². The van der Waals surface area contributed by atoms with Gasteiger partial charge in [-0.3, -0.25) is 10.0 Å². The topological polar surface area (TPSA) is 86.9 Å². The molecule has 13 heavy (non-hydrogen) atoms. The fourth-order valence-corrected chi connectivity index (χ4v) is 1.95. The van der Waals surface area contributed by atoms with Crippen molar-refractivity contribution >= 4 is 11.9 Å². The standard InChI is InChI=1S/C7H11N3O3/c8-6(11)5-2-1-4-3-9(5)7(12)10(4)13/h4-5,13H,1-3H2,(H2,8,11)/t4-,5?/m1/s1. The molecule has 0 spiro atoms. The number of hydroxylamine groups is 2. The van der Waals surface area contributed by atoms with Crippen molar-refractivity contribution in [3.05, 3.63) is 0 Å². The van der Waals surface area contributed by atoms with E-state index in [-0.39, 0.29) is 6.04 Å². The first-order chi connectivity index (χ1) is 6.11. The molecule has 1 unspecified atom stereocenters. The second kappa shape index (κ2) is 2.59. The molecule has 0 aromatic carbocycles. The summed E-state index contributed by atoms with van der Waals surface area (Å²) in [6, 6.07) is -1.21.